The molecule has 114 valence electrons. The molecule has 0 saturated carbocycles. The molecule has 1 N–H and O–H groups in total. The standard InChI is InChI=1S/C13H14BrNO6/c1-9(17)15-12-3-2-10(14)6-11(12)13(18)21-8-20-5-4-19-7-16/h2-3,6-7H,4-5,8H2,1H3,(H,15,17). The van der Waals surface area contributed by atoms with Gasteiger partial charge < -0.3 is 19.5 Å². The Bertz CT molecular complexity index is 519. The van der Waals surface area contributed by atoms with Crippen LogP contribution in [0.3, 0.4) is 0 Å². The molecule has 8 heteroatoms. The number of hydrogen-bond donors (Lipinski definition) is 1. The van der Waals surface area contributed by atoms with Crippen molar-refractivity contribution in [3.05, 3.63) is 28.2 Å². The summed E-state index contributed by atoms with van der Waals surface area (Å²) in [5, 5.41) is 2.54. The van der Waals surface area contributed by atoms with Gasteiger partial charge in [-0.3, -0.25) is 9.59 Å². The van der Waals surface area contributed by atoms with Crippen LogP contribution in [0, 0.1) is 0 Å². The van der Waals surface area contributed by atoms with Crippen molar-refractivity contribution in [3.63, 3.8) is 0 Å². The molecule has 0 aliphatic rings. The lowest BCUT2D eigenvalue weighted by atomic mass is 10.2. The third-order valence-electron chi connectivity index (χ3n) is 2.20. The highest BCUT2D eigenvalue weighted by atomic mass is 79.9. The van der Waals surface area contributed by atoms with Crippen molar-refractivity contribution in [1.82, 2.24) is 0 Å². The fourth-order valence-corrected chi connectivity index (χ4v) is 1.73. The van der Waals surface area contributed by atoms with Crippen LogP contribution in [-0.2, 0) is 23.8 Å². The molecule has 0 heterocycles. The van der Waals surface area contributed by atoms with Gasteiger partial charge in [-0.15, -0.1) is 0 Å². The molecule has 0 saturated heterocycles. The number of hydrogen-bond acceptors (Lipinski definition) is 6. The number of amides is 1. The van der Waals surface area contributed by atoms with Crippen LogP contribution >= 0.6 is 15.9 Å². The van der Waals surface area contributed by atoms with E-state index >= 15 is 0 Å². The van der Waals surface area contributed by atoms with E-state index in [9.17, 15) is 14.4 Å². The molecule has 1 rings (SSSR count). The van der Waals surface area contributed by atoms with E-state index in [1.807, 2.05) is 0 Å². The van der Waals surface area contributed by atoms with E-state index < -0.39 is 5.97 Å². The van der Waals surface area contributed by atoms with Crippen molar-refractivity contribution in [2.45, 2.75) is 6.92 Å². The molecular formula is C13H14BrNO6. The molecule has 7 nitrogen and oxygen atoms in total. The summed E-state index contributed by atoms with van der Waals surface area (Å²) in [6.45, 7) is 1.55. The second-order valence-electron chi connectivity index (χ2n) is 3.80. The van der Waals surface area contributed by atoms with Crippen LogP contribution < -0.4 is 5.32 Å². The molecule has 0 radical (unpaired) electrons. The van der Waals surface area contributed by atoms with E-state index in [-0.39, 0.29) is 31.5 Å². The summed E-state index contributed by atoms with van der Waals surface area (Å²) in [6.07, 6.45) is 0. The summed E-state index contributed by atoms with van der Waals surface area (Å²) < 4.78 is 14.9. The van der Waals surface area contributed by atoms with Gasteiger partial charge in [-0.2, -0.15) is 0 Å². The molecule has 0 spiro atoms. The normalized spacial score (nSPS) is 9.81. The highest BCUT2D eigenvalue weighted by Gasteiger charge is 2.14. The van der Waals surface area contributed by atoms with Gasteiger partial charge in [-0.05, 0) is 18.2 Å². The number of anilines is 1. The van der Waals surface area contributed by atoms with E-state index in [4.69, 9.17) is 9.47 Å². The number of esters is 1. The van der Waals surface area contributed by atoms with Crippen LogP contribution in [-0.4, -0.2) is 38.4 Å². The maximum atomic E-state index is 11.9. The van der Waals surface area contributed by atoms with E-state index in [0.717, 1.165) is 0 Å². The predicted molar refractivity (Wildman–Crippen MR) is 76.7 cm³/mol. The Morgan fingerprint density at radius 3 is 2.76 bits per heavy atom. The van der Waals surface area contributed by atoms with E-state index in [2.05, 4.69) is 26.0 Å². The van der Waals surface area contributed by atoms with Gasteiger partial charge in [0, 0.05) is 11.4 Å². The number of carbonyl (C=O) groups is 3. The number of halogens is 1. The monoisotopic (exact) mass is 359 g/mol. The number of ether oxygens (including phenoxy) is 3. The second-order valence-corrected chi connectivity index (χ2v) is 4.71. The third kappa shape index (κ3) is 6.37. The average Bonchev–Trinajstić information content (AvgIpc) is 2.44. The topological polar surface area (TPSA) is 90.9 Å². The molecule has 1 aromatic rings. The molecule has 0 bridgehead atoms. The fraction of sp³-hybridized carbons (Fsp3) is 0.308. The highest BCUT2D eigenvalue weighted by Crippen LogP contribution is 2.22. The average molecular weight is 360 g/mol. The fourth-order valence-electron chi connectivity index (χ4n) is 1.37. The lowest BCUT2D eigenvalue weighted by Crippen LogP contribution is -2.15. The summed E-state index contributed by atoms with van der Waals surface area (Å²) in [4.78, 5) is 32.9. The minimum atomic E-state index is -0.642. The van der Waals surface area contributed by atoms with Crippen molar-refractivity contribution in [1.29, 1.82) is 0 Å². The zero-order chi connectivity index (χ0) is 15.7. The van der Waals surface area contributed by atoms with E-state index in [1.165, 1.54) is 13.0 Å². The number of nitrogens with one attached hydrogen (secondary N) is 1. The van der Waals surface area contributed by atoms with Crippen LogP contribution in [0.2, 0.25) is 0 Å². The van der Waals surface area contributed by atoms with E-state index in [1.54, 1.807) is 12.1 Å². The molecule has 0 aliphatic carbocycles. The molecule has 0 aromatic heterocycles. The Hall–Kier alpha value is -1.93. The van der Waals surface area contributed by atoms with Gasteiger partial charge in [0.1, 0.15) is 6.61 Å². The first kappa shape index (κ1) is 17.1. The second kappa shape index (κ2) is 9.09. The van der Waals surface area contributed by atoms with Crippen molar-refractivity contribution in [3.8, 4) is 0 Å². The van der Waals surface area contributed by atoms with Gasteiger partial charge in [-0.1, -0.05) is 15.9 Å². The van der Waals surface area contributed by atoms with Crippen molar-refractivity contribution in [2.24, 2.45) is 0 Å². The Balaban J connectivity index is 2.57. The van der Waals surface area contributed by atoms with Gasteiger partial charge in [0.2, 0.25) is 5.91 Å². The lowest BCUT2D eigenvalue weighted by molar-refractivity contribution is -0.131. The summed E-state index contributed by atoms with van der Waals surface area (Å²) in [5.41, 5.74) is 0.548. The lowest BCUT2D eigenvalue weighted by Gasteiger charge is -2.10. The van der Waals surface area contributed by atoms with Gasteiger partial charge in [0.25, 0.3) is 6.47 Å². The molecule has 21 heavy (non-hydrogen) atoms. The molecule has 1 amide bonds. The zero-order valence-corrected chi connectivity index (χ0v) is 12.8. The SMILES string of the molecule is CC(=O)Nc1ccc(Br)cc1C(=O)OCOCCOC=O. The molecular weight excluding hydrogens is 346 g/mol. The van der Waals surface area contributed by atoms with Crippen LogP contribution in [0.25, 0.3) is 0 Å². The predicted octanol–water partition coefficient (Wildman–Crippen LogP) is 1.71. The summed E-state index contributed by atoms with van der Waals surface area (Å²) in [5.74, 6) is -0.940. The number of benzene rings is 1. The quantitative estimate of drug-likeness (QED) is 0.329. The van der Waals surface area contributed by atoms with Crippen molar-refractivity contribution in [2.75, 3.05) is 25.3 Å². The first-order valence-electron chi connectivity index (χ1n) is 5.92. The van der Waals surface area contributed by atoms with Gasteiger partial charge >= 0.3 is 5.97 Å². The first-order valence-corrected chi connectivity index (χ1v) is 6.71. The van der Waals surface area contributed by atoms with Crippen LogP contribution in [0.5, 0.6) is 0 Å². The maximum Gasteiger partial charge on any atom is 0.342 e. The Morgan fingerprint density at radius 1 is 1.33 bits per heavy atom. The minimum absolute atomic E-state index is 0.0785. The van der Waals surface area contributed by atoms with Crippen LogP contribution in [0.4, 0.5) is 5.69 Å². The van der Waals surface area contributed by atoms with Crippen molar-refractivity contribution >= 4 is 40.0 Å². The first-order chi connectivity index (χ1) is 10.0. The van der Waals surface area contributed by atoms with Crippen LogP contribution in [0.1, 0.15) is 17.3 Å². The largest absolute Gasteiger partial charge is 0.465 e. The van der Waals surface area contributed by atoms with Gasteiger partial charge in [0.05, 0.1) is 17.9 Å². The molecule has 0 unspecified atom stereocenters. The summed E-state index contributed by atoms with van der Waals surface area (Å²) in [7, 11) is 0. The maximum absolute atomic E-state index is 11.9. The van der Waals surface area contributed by atoms with Crippen LogP contribution in [0.15, 0.2) is 22.7 Å². The Labute approximate surface area is 129 Å². The van der Waals surface area contributed by atoms with E-state index in [0.29, 0.717) is 16.6 Å². The Kier molecular flexibility index (Phi) is 7.41. The number of carbonyl (C=O) groups excluding carboxylic acids is 3. The molecule has 0 aliphatic heterocycles. The smallest absolute Gasteiger partial charge is 0.342 e. The molecule has 0 fully saturated rings. The number of rotatable bonds is 8. The highest BCUT2D eigenvalue weighted by molar-refractivity contribution is 9.10. The summed E-state index contributed by atoms with van der Waals surface area (Å²) in [6, 6.07) is 4.80. The minimum Gasteiger partial charge on any atom is -0.465 e. The zero-order valence-electron chi connectivity index (χ0n) is 11.3. The molecule has 0 atom stereocenters. The van der Waals surface area contributed by atoms with Gasteiger partial charge in [-0.25, -0.2) is 4.79 Å². The summed E-state index contributed by atoms with van der Waals surface area (Å²) >= 11 is 3.24. The van der Waals surface area contributed by atoms with Gasteiger partial charge in [0.15, 0.2) is 6.79 Å². The van der Waals surface area contributed by atoms with Crippen molar-refractivity contribution < 1.29 is 28.6 Å². The Morgan fingerprint density at radius 2 is 2.10 bits per heavy atom. The molecule has 1 aromatic carbocycles. The third-order valence-corrected chi connectivity index (χ3v) is 2.69.